The van der Waals surface area contributed by atoms with Crippen molar-refractivity contribution in [1.29, 1.82) is 5.26 Å². The van der Waals surface area contributed by atoms with Gasteiger partial charge in [-0.05, 0) is 57.7 Å². The molecule has 0 radical (unpaired) electrons. The van der Waals surface area contributed by atoms with Gasteiger partial charge in [-0.25, -0.2) is 0 Å². The van der Waals surface area contributed by atoms with E-state index in [1.54, 1.807) is 0 Å². The highest BCUT2D eigenvalue weighted by molar-refractivity contribution is 5.57. The monoisotopic (exact) mass is 242 g/mol. The molecule has 1 atom stereocenters. The molecule has 0 amide bonds. The van der Waals surface area contributed by atoms with Crippen LogP contribution in [0.1, 0.15) is 37.8 Å². The Morgan fingerprint density at radius 1 is 1.33 bits per heavy atom. The molecule has 2 heteroatoms. The Kier molecular flexibility index (Phi) is 3.34. The third-order valence-corrected chi connectivity index (χ3v) is 4.02. The minimum Gasteiger partial charge on any atom is -0.366 e. The molecule has 0 N–H and O–H groups in total. The fourth-order valence-electron chi connectivity index (χ4n) is 2.97. The second-order valence-corrected chi connectivity index (χ2v) is 6.07. The fraction of sp³-hybridized carbons (Fsp3) is 0.562. The van der Waals surface area contributed by atoms with Gasteiger partial charge in [0.1, 0.15) is 0 Å². The van der Waals surface area contributed by atoms with Gasteiger partial charge in [0.05, 0.1) is 12.0 Å². The molecule has 0 aromatic heterocycles. The second-order valence-electron chi connectivity index (χ2n) is 6.07. The highest BCUT2D eigenvalue weighted by Crippen LogP contribution is 2.36. The highest BCUT2D eigenvalue weighted by Gasteiger charge is 2.35. The molecule has 2 nitrogen and oxygen atoms in total. The lowest BCUT2D eigenvalue weighted by Crippen LogP contribution is -2.50. The maximum absolute atomic E-state index is 9.11. The van der Waals surface area contributed by atoms with E-state index >= 15 is 0 Å². The molecular formula is C16H22N2. The van der Waals surface area contributed by atoms with Crippen LogP contribution in [-0.2, 0) is 0 Å². The van der Waals surface area contributed by atoms with E-state index in [4.69, 9.17) is 5.26 Å². The summed E-state index contributed by atoms with van der Waals surface area (Å²) in [4.78, 5) is 2.48. The Morgan fingerprint density at radius 2 is 2.06 bits per heavy atom. The molecule has 0 aliphatic carbocycles. The van der Waals surface area contributed by atoms with Gasteiger partial charge in [0.2, 0.25) is 0 Å². The van der Waals surface area contributed by atoms with Crippen LogP contribution in [0.2, 0.25) is 0 Å². The van der Waals surface area contributed by atoms with Crippen molar-refractivity contribution >= 4 is 5.69 Å². The lowest BCUT2D eigenvalue weighted by molar-refractivity contribution is 0.315. The SMILES string of the molecule is Cc1ccc(C)c(N2CCC(C#N)CC2(C)C)c1. The number of aryl methyl sites for hydroxylation is 2. The maximum atomic E-state index is 9.11. The minimum atomic E-state index is 0.0667. The van der Waals surface area contributed by atoms with Crippen LogP contribution in [0.25, 0.3) is 0 Å². The van der Waals surface area contributed by atoms with Crippen molar-refractivity contribution in [2.24, 2.45) is 5.92 Å². The zero-order valence-corrected chi connectivity index (χ0v) is 11.8. The maximum Gasteiger partial charge on any atom is 0.0657 e. The van der Waals surface area contributed by atoms with Crippen LogP contribution >= 0.6 is 0 Å². The summed E-state index contributed by atoms with van der Waals surface area (Å²) in [5.74, 6) is 0.210. The van der Waals surface area contributed by atoms with E-state index in [0.29, 0.717) is 0 Å². The summed E-state index contributed by atoms with van der Waals surface area (Å²) < 4.78 is 0. The summed E-state index contributed by atoms with van der Waals surface area (Å²) >= 11 is 0. The first-order chi connectivity index (χ1) is 8.44. The van der Waals surface area contributed by atoms with Crippen molar-refractivity contribution in [3.8, 4) is 6.07 Å². The van der Waals surface area contributed by atoms with Gasteiger partial charge in [-0.1, -0.05) is 12.1 Å². The van der Waals surface area contributed by atoms with Crippen LogP contribution in [0.4, 0.5) is 5.69 Å². The second kappa shape index (κ2) is 4.65. The van der Waals surface area contributed by atoms with Gasteiger partial charge >= 0.3 is 0 Å². The van der Waals surface area contributed by atoms with Gasteiger partial charge in [-0.15, -0.1) is 0 Å². The van der Waals surface area contributed by atoms with E-state index in [0.717, 1.165) is 19.4 Å². The lowest BCUT2D eigenvalue weighted by Gasteiger charge is -2.46. The van der Waals surface area contributed by atoms with Crippen LogP contribution in [-0.4, -0.2) is 12.1 Å². The van der Waals surface area contributed by atoms with Crippen molar-refractivity contribution < 1.29 is 0 Å². The topological polar surface area (TPSA) is 27.0 Å². The number of anilines is 1. The molecule has 2 rings (SSSR count). The van der Waals surface area contributed by atoms with Gasteiger partial charge in [0.25, 0.3) is 0 Å². The van der Waals surface area contributed by atoms with E-state index in [2.05, 4.69) is 56.9 Å². The Hall–Kier alpha value is -1.49. The number of hydrogen-bond donors (Lipinski definition) is 0. The normalized spacial score (nSPS) is 22.6. The first-order valence-corrected chi connectivity index (χ1v) is 6.68. The van der Waals surface area contributed by atoms with Crippen molar-refractivity contribution in [3.05, 3.63) is 29.3 Å². The molecular weight excluding hydrogens is 220 g/mol. The molecule has 0 spiro atoms. The summed E-state index contributed by atoms with van der Waals surface area (Å²) in [6, 6.07) is 9.05. The summed E-state index contributed by atoms with van der Waals surface area (Å²) in [5, 5.41) is 9.11. The Balaban J connectivity index is 2.34. The fourth-order valence-corrected chi connectivity index (χ4v) is 2.97. The van der Waals surface area contributed by atoms with Crippen LogP contribution in [0, 0.1) is 31.1 Å². The van der Waals surface area contributed by atoms with Gasteiger partial charge < -0.3 is 4.90 Å². The van der Waals surface area contributed by atoms with Crippen molar-refractivity contribution in [3.63, 3.8) is 0 Å². The Morgan fingerprint density at radius 3 is 2.67 bits per heavy atom. The number of nitrogens with zero attached hydrogens (tertiary/aromatic N) is 2. The quantitative estimate of drug-likeness (QED) is 0.748. The Bertz CT molecular complexity index is 482. The Labute approximate surface area is 110 Å². The zero-order chi connectivity index (χ0) is 13.3. The summed E-state index contributed by atoms with van der Waals surface area (Å²) in [5.41, 5.74) is 4.02. The lowest BCUT2D eigenvalue weighted by atomic mass is 9.82. The van der Waals surface area contributed by atoms with Crippen LogP contribution < -0.4 is 4.90 Å². The molecule has 1 fully saturated rings. The average Bonchev–Trinajstić information content (AvgIpc) is 2.31. The first kappa shape index (κ1) is 13.0. The van der Waals surface area contributed by atoms with E-state index in [1.807, 2.05) is 0 Å². The van der Waals surface area contributed by atoms with E-state index in [1.165, 1.54) is 16.8 Å². The van der Waals surface area contributed by atoms with Crippen molar-refractivity contribution in [2.45, 2.75) is 46.1 Å². The molecule has 96 valence electrons. The molecule has 0 bridgehead atoms. The summed E-state index contributed by atoms with van der Waals surface area (Å²) in [6.45, 7) is 9.78. The van der Waals surface area contributed by atoms with Crippen LogP contribution in [0.15, 0.2) is 18.2 Å². The molecule has 1 heterocycles. The molecule has 1 aromatic rings. The number of benzene rings is 1. The summed E-state index contributed by atoms with van der Waals surface area (Å²) in [7, 11) is 0. The zero-order valence-electron chi connectivity index (χ0n) is 11.8. The largest absolute Gasteiger partial charge is 0.366 e. The molecule has 1 aliphatic heterocycles. The van der Waals surface area contributed by atoms with Crippen LogP contribution in [0.3, 0.4) is 0 Å². The minimum absolute atomic E-state index is 0.0667. The van der Waals surface area contributed by atoms with Crippen LogP contribution in [0.5, 0.6) is 0 Å². The van der Waals surface area contributed by atoms with Gasteiger partial charge in [-0.2, -0.15) is 5.26 Å². The molecule has 18 heavy (non-hydrogen) atoms. The standard InChI is InChI=1S/C16H22N2/c1-12-5-6-13(2)15(9-12)18-8-7-14(11-17)10-16(18,3)4/h5-6,9,14H,7-8,10H2,1-4H3. The molecule has 1 aromatic carbocycles. The van der Waals surface area contributed by atoms with E-state index < -0.39 is 0 Å². The molecule has 1 aliphatic rings. The first-order valence-electron chi connectivity index (χ1n) is 6.68. The van der Waals surface area contributed by atoms with Gasteiger partial charge in [0.15, 0.2) is 0 Å². The molecule has 0 saturated carbocycles. The smallest absolute Gasteiger partial charge is 0.0657 e. The number of rotatable bonds is 1. The van der Waals surface area contributed by atoms with Crippen molar-refractivity contribution in [1.82, 2.24) is 0 Å². The van der Waals surface area contributed by atoms with Gasteiger partial charge in [0, 0.05) is 17.8 Å². The number of nitriles is 1. The van der Waals surface area contributed by atoms with E-state index in [9.17, 15) is 0 Å². The van der Waals surface area contributed by atoms with E-state index in [-0.39, 0.29) is 11.5 Å². The highest BCUT2D eigenvalue weighted by atomic mass is 15.2. The number of hydrogen-bond acceptors (Lipinski definition) is 2. The molecule has 1 saturated heterocycles. The summed E-state index contributed by atoms with van der Waals surface area (Å²) in [6.07, 6.45) is 1.93. The average molecular weight is 242 g/mol. The molecule has 1 unspecified atom stereocenters. The number of piperidine rings is 1. The predicted octanol–water partition coefficient (Wildman–Crippen LogP) is 3.82. The third-order valence-electron chi connectivity index (χ3n) is 4.02. The predicted molar refractivity (Wildman–Crippen MR) is 75.7 cm³/mol. The third kappa shape index (κ3) is 2.36. The van der Waals surface area contributed by atoms with Gasteiger partial charge in [-0.3, -0.25) is 0 Å². The van der Waals surface area contributed by atoms with Crippen molar-refractivity contribution in [2.75, 3.05) is 11.4 Å².